The van der Waals surface area contributed by atoms with E-state index >= 15 is 0 Å². The molecular formula is C23H24N4O4. The number of aromatic nitrogens is 3. The Labute approximate surface area is 179 Å². The molecule has 2 aromatic heterocycles. The van der Waals surface area contributed by atoms with Gasteiger partial charge in [-0.3, -0.25) is 14.4 Å². The van der Waals surface area contributed by atoms with E-state index in [4.69, 9.17) is 4.74 Å². The number of para-hydroxylation sites is 2. The predicted molar refractivity (Wildman–Crippen MR) is 113 cm³/mol. The molecule has 0 aliphatic carbocycles. The second kappa shape index (κ2) is 7.68. The van der Waals surface area contributed by atoms with Crippen LogP contribution in [0.25, 0.3) is 11.0 Å². The summed E-state index contributed by atoms with van der Waals surface area (Å²) in [5, 5.41) is 0. The lowest BCUT2D eigenvalue weighted by Crippen LogP contribution is -2.46. The van der Waals surface area contributed by atoms with Crippen molar-refractivity contribution in [3.63, 3.8) is 0 Å². The molecule has 8 nitrogen and oxygen atoms in total. The van der Waals surface area contributed by atoms with Gasteiger partial charge in [-0.15, -0.1) is 0 Å². The van der Waals surface area contributed by atoms with Gasteiger partial charge in [-0.05, 0) is 31.0 Å². The normalized spacial score (nSPS) is 20.3. The zero-order valence-electron chi connectivity index (χ0n) is 17.1. The van der Waals surface area contributed by atoms with E-state index in [-0.39, 0.29) is 30.1 Å². The number of benzene rings is 1. The van der Waals surface area contributed by atoms with Crippen molar-refractivity contribution in [2.45, 2.75) is 38.5 Å². The first kappa shape index (κ1) is 19.5. The quantitative estimate of drug-likeness (QED) is 0.601. The van der Waals surface area contributed by atoms with Gasteiger partial charge in [-0.1, -0.05) is 18.2 Å². The third kappa shape index (κ3) is 3.62. The van der Waals surface area contributed by atoms with E-state index in [1.165, 1.54) is 10.6 Å². The van der Waals surface area contributed by atoms with Crippen molar-refractivity contribution in [1.82, 2.24) is 19.0 Å². The fourth-order valence-electron chi connectivity index (χ4n) is 4.74. The summed E-state index contributed by atoms with van der Waals surface area (Å²) in [6.45, 7) is 1.59. The fourth-order valence-corrected chi connectivity index (χ4v) is 4.74. The highest BCUT2D eigenvalue weighted by atomic mass is 16.6. The minimum Gasteiger partial charge on any atom is -0.460 e. The Morgan fingerprint density at radius 1 is 1.06 bits per heavy atom. The number of hydrogen-bond acceptors (Lipinski definition) is 5. The van der Waals surface area contributed by atoms with Gasteiger partial charge in [0.15, 0.2) is 0 Å². The van der Waals surface area contributed by atoms with Crippen LogP contribution < -0.4 is 5.56 Å². The van der Waals surface area contributed by atoms with Gasteiger partial charge in [0.2, 0.25) is 5.91 Å². The van der Waals surface area contributed by atoms with Crippen LogP contribution in [0, 0.1) is 5.41 Å². The van der Waals surface area contributed by atoms with Gasteiger partial charge in [0.1, 0.15) is 12.6 Å². The second-order valence-electron chi connectivity index (χ2n) is 8.44. The average Bonchev–Trinajstić information content (AvgIpc) is 3.31. The summed E-state index contributed by atoms with van der Waals surface area (Å²) in [7, 11) is 0. The second-order valence-corrected chi connectivity index (χ2v) is 8.44. The van der Waals surface area contributed by atoms with Crippen molar-refractivity contribution < 1.29 is 14.3 Å². The molecular weight excluding hydrogens is 396 g/mol. The van der Waals surface area contributed by atoms with Crippen molar-refractivity contribution in [3.05, 3.63) is 65.3 Å². The number of imidazole rings is 1. The Morgan fingerprint density at radius 2 is 1.84 bits per heavy atom. The highest BCUT2D eigenvalue weighted by Crippen LogP contribution is 2.43. The van der Waals surface area contributed by atoms with Gasteiger partial charge >= 0.3 is 5.97 Å². The molecule has 3 aromatic rings. The van der Waals surface area contributed by atoms with Crippen LogP contribution >= 0.6 is 0 Å². The van der Waals surface area contributed by atoms with Crippen molar-refractivity contribution >= 4 is 22.9 Å². The number of esters is 1. The summed E-state index contributed by atoms with van der Waals surface area (Å²) < 4.78 is 9.18. The maximum atomic E-state index is 12.8. The number of pyridine rings is 1. The highest BCUT2D eigenvalue weighted by molar-refractivity contribution is 5.81. The number of likely N-dealkylation sites (tertiary alicyclic amines) is 1. The predicted octanol–water partition coefficient (Wildman–Crippen LogP) is 1.82. The first-order valence-corrected chi connectivity index (χ1v) is 10.6. The van der Waals surface area contributed by atoms with E-state index in [9.17, 15) is 14.4 Å². The Balaban J connectivity index is 1.22. The maximum Gasteiger partial charge on any atom is 0.312 e. The zero-order valence-corrected chi connectivity index (χ0v) is 17.1. The molecule has 31 heavy (non-hydrogen) atoms. The van der Waals surface area contributed by atoms with Crippen molar-refractivity contribution in [2.75, 3.05) is 13.1 Å². The Morgan fingerprint density at radius 3 is 2.65 bits per heavy atom. The number of amides is 1. The number of ether oxygens (including phenoxy) is 1. The summed E-state index contributed by atoms with van der Waals surface area (Å²) in [4.78, 5) is 43.4. The minimum absolute atomic E-state index is 0.0213. The van der Waals surface area contributed by atoms with Gasteiger partial charge < -0.3 is 18.8 Å². The van der Waals surface area contributed by atoms with Crippen molar-refractivity contribution in [1.29, 1.82) is 0 Å². The number of cyclic esters (lactones) is 1. The monoisotopic (exact) mass is 420 g/mol. The number of carbonyl (C=O) groups excluding carboxylic acids is 2. The number of hydrogen-bond donors (Lipinski definition) is 0. The third-order valence-electron chi connectivity index (χ3n) is 6.53. The first-order chi connectivity index (χ1) is 15.0. The molecule has 2 aliphatic rings. The zero-order chi connectivity index (χ0) is 21.4. The van der Waals surface area contributed by atoms with Crippen molar-refractivity contribution in [3.8, 4) is 0 Å². The van der Waals surface area contributed by atoms with Crippen molar-refractivity contribution in [2.24, 2.45) is 5.41 Å². The van der Waals surface area contributed by atoms with Gasteiger partial charge in [-0.25, -0.2) is 4.98 Å². The molecule has 2 aliphatic heterocycles. The number of carbonyl (C=O) groups is 2. The third-order valence-corrected chi connectivity index (χ3v) is 6.53. The first-order valence-electron chi connectivity index (χ1n) is 10.6. The smallest absolute Gasteiger partial charge is 0.312 e. The molecule has 2 fully saturated rings. The summed E-state index contributed by atoms with van der Waals surface area (Å²) in [6, 6.07) is 12.7. The summed E-state index contributed by atoms with van der Waals surface area (Å²) >= 11 is 0. The Bertz CT molecular complexity index is 1190. The van der Waals surface area contributed by atoms with Crippen LogP contribution in [-0.2, 0) is 27.4 Å². The molecule has 1 aromatic carbocycles. The minimum atomic E-state index is -0.526. The van der Waals surface area contributed by atoms with E-state index in [1.54, 1.807) is 29.6 Å². The van der Waals surface area contributed by atoms with E-state index in [0.717, 1.165) is 11.0 Å². The fraction of sp³-hybridized carbons (Fsp3) is 0.391. The molecule has 5 rings (SSSR count). The van der Waals surface area contributed by atoms with E-state index in [0.29, 0.717) is 38.9 Å². The molecule has 1 unspecified atom stereocenters. The van der Waals surface area contributed by atoms with E-state index in [2.05, 4.69) is 4.98 Å². The summed E-state index contributed by atoms with van der Waals surface area (Å²) in [6.07, 6.45) is 5.03. The average molecular weight is 420 g/mol. The van der Waals surface area contributed by atoms with Crippen LogP contribution in [0.4, 0.5) is 0 Å². The van der Waals surface area contributed by atoms with E-state index in [1.807, 2.05) is 28.8 Å². The number of rotatable bonds is 4. The van der Waals surface area contributed by atoms with E-state index < -0.39 is 5.41 Å². The molecule has 0 N–H and O–H groups in total. The molecule has 4 heterocycles. The number of nitrogens with zero attached hydrogens (tertiary/aromatic N) is 4. The lowest BCUT2D eigenvalue weighted by molar-refractivity contribution is -0.152. The largest absolute Gasteiger partial charge is 0.460 e. The maximum absolute atomic E-state index is 12.8. The number of fused-ring (bicyclic) bond motifs is 1. The Kier molecular flexibility index (Phi) is 4.84. The molecule has 1 atom stereocenters. The lowest BCUT2D eigenvalue weighted by Gasteiger charge is -2.36. The van der Waals surface area contributed by atoms with Gasteiger partial charge in [0.25, 0.3) is 5.56 Å². The van der Waals surface area contributed by atoms with Crippen LogP contribution in [0.2, 0.25) is 0 Å². The van der Waals surface area contributed by atoms with Crippen LogP contribution in [0.3, 0.4) is 0 Å². The lowest BCUT2D eigenvalue weighted by atomic mass is 9.76. The molecule has 8 heteroatoms. The SMILES string of the molecule is O=C(Cn1ccccc1=O)N1CCC2(CC1)CC(Cn1cnc3ccccc31)OC2=O. The molecule has 1 spiro atoms. The standard InChI is InChI=1S/C23H24N4O4/c28-20-7-3-4-10-26(20)15-21(29)25-11-8-23(9-12-25)13-17(31-22(23)30)14-27-16-24-18-5-1-2-6-19(18)27/h1-7,10,16-17H,8-9,11-15H2. The van der Waals surface area contributed by atoms with Gasteiger partial charge in [-0.2, -0.15) is 0 Å². The molecule has 0 saturated carbocycles. The van der Waals surface area contributed by atoms with Crippen LogP contribution in [0.15, 0.2) is 59.8 Å². The molecule has 2 saturated heterocycles. The number of piperidine rings is 1. The molecule has 0 radical (unpaired) electrons. The summed E-state index contributed by atoms with van der Waals surface area (Å²) in [5.41, 5.74) is 1.22. The Hall–Kier alpha value is -3.42. The van der Waals surface area contributed by atoms with Gasteiger partial charge in [0, 0.05) is 31.8 Å². The topological polar surface area (TPSA) is 86.4 Å². The van der Waals surface area contributed by atoms with Crippen LogP contribution in [0.1, 0.15) is 19.3 Å². The van der Waals surface area contributed by atoms with Crippen LogP contribution in [-0.4, -0.2) is 50.1 Å². The van der Waals surface area contributed by atoms with Crippen LogP contribution in [0.5, 0.6) is 0 Å². The molecule has 0 bridgehead atoms. The highest BCUT2D eigenvalue weighted by Gasteiger charge is 2.50. The summed E-state index contributed by atoms with van der Waals surface area (Å²) in [5.74, 6) is -0.260. The molecule has 1 amide bonds. The molecule has 160 valence electrons. The van der Waals surface area contributed by atoms with Gasteiger partial charge in [0.05, 0.1) is 29.3 Å².